The lowest BCUT2D eigenvalue weighted by atomic mass is 10.1. The van der Waals surface area contributed by atoms with Crippen molar-refractivity contribution in [2.24, 2.45) is 5.73 Å². The highest BCUT2D eigenvalue weighted by atomic mass is 16.3. The van der Waals surface area contributed by atoms with Gasteiger partial charge in [-0.2, -0.15) is 0 Å². The molecule has 1 heterocycles. The van der Waals surface area contributed by atoms with Crippen LogP contribution in [-0.4, -0.2) is 41.1 Å². The normalized spacial score (nSPS) is 18.4. The third-order valence-electron chi connectivity index (χ3n) is 3.12. The maximum Gasteiger partial charge on any atom is 0.312 e. The second-order valence-electron chi connectivity index (χ2n) is 4.61. The van der Waals surface area contributed by atoms with Gasteiger partial charge < -0.3 is 21.1 Å². The highest BCUT2D eigenvalue weighted by Crippen LogP contribution is 2.14. The number of hydrogen-bond donors (Lipinski definition) is 3. The molecule has 2 rings (SSSR count). The molecule has 19 heavy (non-hydrogen) atoms. The minimum Gasteiger partial charge on any atom is -0.391 e. The SMILES string of the molecule is NC(=O)NCc1ccc(C(=O)N2CC[C@H](O)C2)cc1. The van der Waals surface area contributed by atoms with Gasteiger partial charge in [0.1, 0.15) is 0 Å². The lowest BCUT2D eigenvalue weighted by Crippen LogP contribution is -2.30. The van der Waals surface area contributed by atoms with Crippen LogP contribution in [0.3, 0.4) is 0 Å². The van der Waals surface area contributed by atoms with Crippen molar-refractivity contribution in [3.63, 3.8) is 0 Å². The molecular formula is C13H17N3O3. The first kappa shape index (κ1) is 13.4. The number of hydrogen-bond acceptors (Lipinski definition) is 3. The molecule has 3 amide bonds. The van der Waals surface area contributed by atoms with E-state index in [2.05, 4.69) is 5.32 Å². The Morgan fingerprint density at radius 2 is 2.05 bits per heavy atom. The van der Waals surface area contributed by atoms with Gasteiger partial charge in [-0.1, -0.05) is 12.1 Å². The number of rotatable bonds is 3. The van der Waals surface area contributed by atoms with Crippen LogP contribution in [0.25, 0.3) is 0 Å². The van der Waals surface area contributed by atoms with Crippen LogP contribution in [0.4, 0.5) is 4.79 Å². The summed E-state index contributed by atoms with van der Waals surface area (Å²) in [5.41, 5.74) is 6.43. The third-order valence-corrected chi connectivity index (χ3v) is 3.12. The molecule has 6 heteroatoms. The number of amides is 3. The lowest BCUT2D eigenvalue weighted by Gasteiger charge is -2.15. The zero-order chi connectivity index (χ0) is 13.8. The number of carbonyl (C=O) groups is 2. The van der Waals surface area contributed by atoms with Crippen molar-refractivity contribution in [2.75, 3.05) is 13.1 Å². The van der Waals surface area contributed by atoms with Gasteiger partial charge in [-0.05, 0) is 24.1 Å². The predicted octanol–water partition coefficient (Wildman–Crippen LogP) is 0.0617. The van der Waals surface area contributed by atoms with E-state index in [1.165, 1.54) is 0 Å². The first-order valence-electron chi connectivity index (χ1n) is 6.16. The summed E-state index contributed by atoms with van der Waals surface area (Å²) in [6.07, 6.45) is 0.217. The second kappa shape index (κ2) is 5.71. The molecule has 1 aliphatic rings. The molecule has 102 valence electrons. The number of nitrogens with one attached hydrogen (secondary N) is 1. The number of β-amino-alcohol motifs (C(OH)–C–C–N with tert-alkyl or cyclic N) is 1. The zero-order valence-corrected chi connectivity index (χ0v) is 10.5. The van der Waals surface area contributed by atoms with E-state index in [-0.39, 0.29) is 5.91 Å². The van der Waals surface area contributed by atoms with E-state index in [4.69, 9.17) is 5.73 Å². The van der Waals surface area contributed by atoms with Gasteiger partial charge in [0.15, 0.2) is 0 Å². The standard InChI is InChI=1S/C13H17N3O3/c14-13(19)15-7-9-1-3-10(4-2-9)12(18)16-6-5-11(17)8-16/h1-4,11,17H,5-8H2,(H3,14,15,19)/t11-/m0/s1. The number of aliphatic hydroxyl groups excluding tert-OH is 1. The number of nitrogens with two attached hydrogens (primary N) is 1. The number of primary amides is 1. The van der Waals surface area contributed by atoms with E-state index >= 15 is 0 Å². The van der Waals surface area contributed by atoms with Gasteiger partial charge in [0.25, 0.3) is 5.91 Å². The molecule has 1 atom stereocenters. The van der Waals surface area contributed by atoms with E-state index in [1.807, 2.05) is 0 Å². The molecule has 6 nitrogen and oxygen atoms in total. The molecule has 0 bridgehead atoms. The van der Waals surface area contributed by atoms with Crippen molar-refractivity contribution in [3.05, 3.63) is 35.4 Å². The van der Waals surface area contributed by atoms with Crippen molar-refractivity contribution >= 4 is 11.9 Å². The average molecular weight is 263 g/mol. The Morgan fingerprint density at radius 3 is 2.58 bits per heavy atom. The van der Waals surface area contributed by atoms with Crippen LogP contribution in [0.15, 0.2) is 24.3 Å². The van der Waals surface area contributed by atoms with Crippen LogP contribution in [0.1, 0.15) is 22.3 Å². The third kappa shape index (κ3) is 3.45. The fraction of sp³-hybridized carbons (Fsp3) is 0.385. The highest BCUT2D eigenvalue weighted by Gasteiger charge is 2.25. The first-order valence-corrected chi connectivity index (χ1v) is 6.16. The lowest BCUT2D eigenvalue weighted by molar-refractivity contribution is 0.0765. The quantitative estimate of drug-likeness (QED) is 0.719. The van der Waals surface area contributed by atoms with Gasteiger partial charge in [0.05, 0.1) is 6.10 Å². The number of carbonyl (C=O) groups excluding carboxylic acids is 2. The predicted molar refractivity (Wildman–Crippen MR) is 69.4 cm³/mol. The molecule has 0 radical (unpaired) electrons. The van der Waals surface area contributed by atoms with Gasteiger partial charge in [-0.25, -0.2) is 4.79 Å². The molecule has 0 aromatic heterocycles. The van der Waals surface area contributed by atoms with Crippen LogP contribution in [0.5, 0.6) is 0 Å². The molecule has 0 aliphatic carbocycles. The molecule has 1 aromatic rings. The number of nitrogens with zero attached hydrogens (tertiary/aromatic N) is 1. The fourth-order valence-electron chi connectivity index (χ4n) is 2.06. The maximum absolute atomic E-state index is 12.1. The molecule has 1 aromatic carbocycles. The summed E-state index contributed by atoms with van der Waals surface area (Å²) in [5.74, 6) is -0.0778. The Bertz CT molecular complexity index is 473. The van der Waals surface area contributed by atoms with Crippen LogP contribution < -0.4 is 11.1 Å². The Labute approximate surface area is 111 Å². The molecule has 1 aliphatic heterocycles. The molecule has 4 N–H and O–H groups in total. The summed E-state index contributed by atoms with van der Waals surface area (Å²) < 4.78 is 0. The van der Waals surface area contributed by atoms with Crippen molar-refractivity contribution in [2.45, 2.75) is 19.1 Å². The summed E-state index contributed by atoms with van der Waals surface area (Å²) in [6, 6.07) is 6.40. The number of urea groups is 1. The molecule has 1 saturated heterocycles. The first-order chi connectivity index (χ1) is 9.06. The van der Waals surface area contributed by atoms with E-state index in [0.717, 1.165) is 5.56 Å². The topological polar surface area (TPSA) is 95.7 Å². The second-order valence-corrected chi connectivity index (χ2v) is 4.61. The van der Waals surface area contributed by atoms with Crippen LogP contribution in [0.2, 0.25) is 0 Å². The Hall–Kier alpha value is -2.08. The van der Waals surface area contributed by atoms with E-state index in [9.17, 15) is 14.7 Å². The van der Waals surface area contributed by atoms with Crippen molar-refractivity contribution in [1.82, 2.24) is 10.2 Å². The molecular weight excluding hydrogens is 246 g/mol. The Morgan fingerprint density at radius 1 is 1.37 bits per heavy atom. The van der Waals surface area contributed by atoms with Crippen LogP contribution in [0, 0.1) is 0 Å². The summed E-state index contributed by atoms with van der Waals surface area (Å²) >= 11 is 0. The zero-order valence-electron chi connectivity index (χ0n) is 10.5. The summed E-state index contributed by atoms with van der Waals surface area (Å²) in [7, 11) is 0. The Balaban J connectivity index is 1.97. The van der Waals surface area contributed by atoms with Crippen LogP contribution >= 0.6 is 0 Å². The molecule has 0 unspecified atom stereocenters. The smallest absolute Gasteiger partial charge is 0.312 e. The number of likely N-dealkylation sites (tertiary alicyclic amines) is 1. The van der Waals surface area contributed by atoms with Gasteiger partial charge in [-0.15, -0.1) is 0 Å². The highest BCUT2D eigenvalue weighted by molar-refractivity contribution is 5.94. The van der Waals surface area contributed by atoms with Crippen molar-refractivity contribution in [3.8, 4) is 0 Å². The maximum atomic E-state index is 12.1. The van der Waals surface area contributed by atoms with Gasteiger partial charge in [-0.3, -0.25) is 4.79 Å². The molecule has 0 saturated carbocycles. The van der Waals surface area contributed by atoms with E-state index < -0.39 is 12.1 Å². The summed E-state index contributed by atoms with van der Waals surface area (Å²) in [4.78, 5) is 24.3. The van der Waals surface area contributed by atoms with Gasteiger partial charge in [0.2, 0.25) is 0 Å². The minimum absolute atomic E-state index is 0.0778. The van der Waals surface area contributed by atoms with Crippen molar-refractivity contribution in [1.29, 1.82) is 0 Å². The minimum atomic E-state index is -0.578. The van der Waals surface area contributed by atoms with Gasteiger partial charge >= 0.3 is 6.03 Å². The van der Waals surface area contributed by atoms with Crippen LogP contribution in [-0.2, 0) is 6.54 Å². The molecule has 0 spiro atoms. The van der Waals surface area contributed by atoms with E-state index in [1.54, 1.807) is 29.2 Å². The van der Waals surface area contributed by atoms with Gasteiger partial charge in [0, 0.05) is 25.2 Å². The molecule has 1 fully saturated rings. The average Bonchev–Trinajstić information content (AvgIpc) is 2.83. The monoisotopic (exact) mass is 263 g/mol. The van der Waals surface area contributed by atoms with Crippen molar-refractivity contribution < 1.29 is 14.7 Å². The number of aliphatic hydroxyl groups is 1. The summed E-state index contributed by atoms with van der Waals surface area (Å²) in [5, 5.41) is 11.9. The largest absolute Gasteiger partial charge is 0.391 e. The summed E-state index contributed by atoms with van der Waals surface area (Å²) in [6.45, 7) is 1.32. The number of benzene rings is 1. The Kier molecular flexibility index (Phi) is 4.01. The fourth-order valence-corrected chi connectivity index (χ4v) is 2.06. The van der Waals surface area contributed by atoms with E-state index in [0.29, 0.717) is 31.6 Å².